The molecule has 34 heavy (non-hydrogen) atoms. The van der Waals surface area contributed by atoms with E-state index in [-0.39, 0.29) is 18.2 Å². The average molecular weight is 469 g/mol. The molecule has 5 rings (SSSR count). The highest BCUT2D eigenvalue weighted by atomic mass is 32.1. The van der Waals surface area contributed by atoms with Crippen LogP contribution in [0.2, 0.25) is 0 Å². The average Bonchev–Trinajstić information content (AvgIpc) is 3.45. The van der Waals surface area contributed by atoms with Crippen molar-refractivity contribution in [2.45, 2.75) is 19.8 Å². The molecule has 1 aliphatic rings. The largest absolute Gasteiger partial charge is 0.375 e. The molecule has 0 unspecified atom stereocenters. The first kappa shape index (κ1) is 21.9. The molecule has 170 valence electrons. The zero-order valence-electron chi connectivity index (χ0n) is 18.7. The first-order valence-corrected chi connectivity index (χ1v) is 12.0. The molecule has 2 heterocycles. The highest BCUT2D eigenvalue weighted by molar-refractivity contribution is 7.13. The van der Waals surface area contributed by atoms with E-state index in [0.717, 1.165) is 28.8 Å². The van der Waals surface area contributed by atoms with Crippen LogP contribution >= 0.6 is 11.3 Å². The van der Waals surface area contributed by atoms with Gasteiger partial charge in [-0.25, -0.2) is 4.98 Å². The van der Waals surface area contributed by atoms with Gasteiger partial charge in [-0.15, -0.1) is 11.3 Å². The maximum atomic E-state index is 13.2. The number of nitrogens with two attached hydrogens (primary N) is 1. The van der Waals surface area contributed by atoms with Gasteiger partial charge in [-0.2, -0.15) is 0 Å². The minimum Gasteiger partial charge on any atom is -0.375 e. The highest BCUT2D eigenvalue weighted by Crippen LogP contribution is 2.32. The molecule has 6 nitrogen and oxygen atoms in total. The lowest BCUT2D eigenvalue weighted by atomic mass is 9.98. The van der Waals surface area contributed by atoms with Crippen molar-refractivity contribution in [1.29, 1.82) is 0 Å². The molecule has 3 N–H and O–H groups in total. The summed E-state index contributed by atoms with van der Waals surface area (Å²) in [5, 5.41) is 5.31. The van der Waals surface area contributed by atoms with E-state index in [4.69, 9.17) is 5.73 Å². The number of hydrogen-bond donors (Lipinski definition) is 2. The summed E-state index contributed by atoms with van der Waals surface area (Å²) in [6.45, 7) is 2.65. The normalized spacial score (nSPS) is 12.4. The Kier molecular flexibility index (Phi) is 5.86. The standard InChI is InChI=1S/C27H24N4O2S/c1-17-6-8-18(9-7-17)22-4-2-3-5-23(22)26(33)29-20-10-11-24-19(14-20)12-13-31(24)25(32)15-21-16-34-27(28)30-21/h2-11,14,16H,12-13,15H2,1H3,(H2,28,30)(H,29,33). The number of hydrogen-bond acceptors (Lipinski definition) is 5. The van der Waals surface area contributed by atoms with Gasteiger partial charge in [-0.1, -0.05) is 48.0 Å². The monoisotopic (exact) mass is 468 g/mol. The number of thiazole rings is 1. The third-order valence-electron chi connectivity index (χ3n) is 5.97. The fraction of sp³-hybridized carbons (Fsp3) is 0.148. The minimum absolute atomic E-state index is 0.00661. The molecule has 3 aromatic carbocycles. The Hall–Kier alpha value is -3.97. The lowest BCUT2D eigenvalue weighted by molar-refractivity contribution is -0.117. The molecule has 0 spiro atoms. The Morgan fingerprint density at radius 3 is 2.65 bits per heavy atom. The van der Waals surface area contributed by atoms with Crippen molar-refractivity contribution in [2.24, 2.45) is 0 Å². The SMILES string of the molecule is Cc1ccc(-c2ccccc2C(=O)Nc2ccc3c(c2)CCN3C(=O)Cc2csc(N)n2)cc1. The fourth-order valence-corrected chi connectivity index (χ4v) is 4.82. The molecule has 1 aliphatic heterocycles. The van der Waals surface area contributed by atoms with E-state index in [2.05, 4.69) is 10.3 Å². The van der Waals surface area contributed by atoms with Crippen molar-refractivity contribution in [3.63, 3.8) is 0 Å². The topological polar surface area (TPSA) is 88.3 Å². The first-order valence-electron chi connectivity index (χ1n) is 11.1. The fourth-order valence-electron chi connectivity index (χ4n) is 4.26. The van der Waals surface area contributed by atoms with Crippen LogP contribution in [0.3, 0.4) is 0 Å². The van der Waals surface area contributed by atoms with Crippen molar-refractivity contribution in [2.75, 3.05) is 22.5 Å². The van der Waals surface area contributed by atoms with Crippen molar-refractivity contribution < 1.29 is 9.59 Å². The summed E-state index contributed by atoms with van der Waals surface area (Å²) < 4.78 is 0. The van der Waals surface area contributed by atoms with E-state index in [1.165, 1.54) is 16.9 Å². The third-order valence-corrected chi connectivity index (χ3v) is 6.69. The Labute approximate surface area is 202 Å². The van der Waals surface area contributed by atoms with Gasteiger partial charge in [0.05, 0.1) is 12.1 Å². The van der Waals surface area contributed by atoms with Gasteiger partial charge < -0.3 is 16.0 Å². The molecule has 0 aliphatic carbocycles. The van der Waals surface area contributed by atoms with Crippen molar-refractivity contribution >= 4 is 39.7 Å². The van der Waals surface area contributed by atoms with Crippen LogP contribution in [0.5, 0.6) is 0 Å². The Balaban J connectivity index is 1.33. The quantitative estimate of drug-likeness (QED) is 0.427. The summed E-state index contributed by atoms with van der Waals surface area (Å²) in [5.41, 5.74) is 12.7. The summed E-state index contributed by atoms with van der Waals surface area (Å²) in [6.07, 6.45) is 0.964. The molecule has 4 aromatic rings. The lowest BCUT2D eigenvalue weighted by Crippen LogP contribution is -2.30. The van der Waals surface area contributed by atoms with Crippen LogP contribution in [0.15, 0.2) is 72.1 Å². The van der Waals surface area contributed by atoms with E-state index in [0.29, 0.717) is 28.6 Å². The number of nitrogens with zero attached hydrogens (tertiary/aromatic N) is 2. The van der Waals surface area contributed by atoms with Crippen LogP contribution in [-0.2, 0) is 17.6 Å². The van der Waals surface area contributed by atoms with Crippen molar-refractivity contribution in [3.05, 3.63) is 94.5 Å². The van der Waals surface area contributed by atoms with Gasteiger partial charge >= 0.3 is 0 Å². The summed E-state index contributed by atoms with van der Waals surface area (Å²) in [4.78, 5) is 31.9. The molecule has 7 heteroatoms. The van der Waals surface area contributed by atoms with Crippen LogP contribution < -0.4 is 16.0 Å². The minimum atomic E-state index is -0.164. The van der Waals surface area contributed by atoms with E-state index >= 15 is 0 Å². The van der Waals surface area contributed by atoms with E-state index < -0.39 is 0 Å². The number of benzene rings is 3. The van der Waals surface area contributed by atoms with Gasteiger partial charge in [-0.3, -0.25) is 9.59 Å². The zero-order chi connectivity index (χ0) is 23.7. The number of nitrogen functional groups attached to an aromatic ring is 1. The molecule has 1 aromatic heterocycles. The van der Waals surface area contributed by atoms with Crippen LogP contribution in [0.1, 0.15) is 27.2 Å². The van der Waals surface area contributed by atoms with Crippen LogP contribution in [-0.4, -0.2) is 23.3 Å². The van der Waals surface area contributed by atoms with E-state index in [9.17, 15) is 9.59 Å². The molecule has 0 saturated heterocycles. The number of aryl methyl sites for hydroxylation is 1. The molecule has 0 atom stereocenters. The lowest BCUT2D eigenvalue weighted by Gasteiger charge is -2.17. The van der Waals surface area contributed by atoms with Gasteiger partial charge in [0.25, 0.3) is 5.91 Å². The summed E-state index contributed by atoms with van der Waals surface area (Å²) in [7, 11) is 0. The number of carbonyl (C=O) groups excluding carboxylic acids is 2. The van der Waals surface area contributed by atoms with E-state index in [1.807, 2.05) is 79.0 Å². The molecule has 0 fully saturated rings. The number of aromatic nitrogens is 1. The smallest absolute Gasteiger partial charge is 0.256 e. The first-order chi connectivity index (χ1) is 16.5. The number of nitrogens with one attached hydrogen (secondary N) is 1. The number of fused-ring (bicyclic) bond motifs is 1. The zero-order valence-corrected chi connectivity index (χ0v) is 19.6. The van der Waals surface area contributed by atoms with Crippen molar-refractivity contribution in [1.82, 2.24) is 4.98 Å². The van der Waals surface area contributed by atoms with E-state index in [1.54, 1.807) is 4.90 Å². The molecule has 0 radical (unpaired) electrons. The second-order valence-corrected chi connectivity index (χ2v) is 9.25. The molecular weight excluding hydrogens is 444 g/mol. The Morgan fingerprint density at radius 1 is 1.09 bits per heavy atom. The van der Waals surface area contributed by atoms with Gasteiger partial charge in [0.15, 0.2) is 5.13 Å². The van der Waals surface area contributed by atoms with Gasteiger partial charge in [-0.05, 0) is 54.3 Å². The third kappa shape index (κ3) is 4.43. The van der Waals surface area contributed by atoms with Crippen LogP contribution in [0.25, 0.3) is 11.1 Å². The Bertz CT molecular complexity index is 1380. The molecule has 2 amide bonds. The summed E-state index contributed by atoms with van der Waals surface area (Å²) >= 11 is 1.34. The predicted octanol–water partition coefficient (Wildman–Crippen LogP) is 5.08. The molecule has 0 bridgehead atoms. The highest BCUT2D eigenvalue weighted by Gasteiger charge is 2.25. The summed E-state index contributed by atoms with van der Waals surface area (Å²) in [5.74, 6) is -0.170. The van der Waals surface area contributed by atoms with Crippen molar-refractivity contribution in [3.8, 4) is 11.1 Å². The number of amides is 2. The predicted molar refractivity (Wildman–Crippen MR) is 137 cm³/mol. The van der Waals surface area contributed by atoms with Gasteiger partial charge in [0.1, 0.15) is 0 Å². The second kappa shape index (κ2) is 9.11. The van der Waals surface area contributed by atoms with Gasteiger partial charge in [0, 0.05) is 28.9 Å². The van der Waals surface area contributed by atoms with Crippen LogP contribution in [0, 0.1) is 6.92 Å². The number of anilines is 3. The maximum Gasteiger partial charge on any atom is 0.256 e. The molecule has 0 saturated carbocycles. The number of carbonyl (C=O) groups is 2. The Morgan fingerprint density at radius 2 is 1.88 bits per heavy atom. The maximum absolute atomic E-state index is 13.2. The second-order valence-electron chi connectivity index (χ2n) is 8.36. The number of rotatable bonds is 5. The summed E-state index contributed by atoms with van der Waals surface area (Å²) in [6, 6.07) is 21.4. The molecular formula is C27H24N4O2S. The van der Waals surface area contributed by atoms with Gasteiger partial charge in [0.2, 0.25) is 5.91 Å². The van der Waals surface area contributed by atoms with Crippen LogP contribution in [0.4, 0.5) is 16.5 Å².